The molecule has 0 unspecified atom stereocenters. The van der Waals surface area contributed by atoms with Crippen molar-refractivity contribution in [3.8, 4) is 0 Å². The number of nitrogens with one attached hydrogen (secondary N) is 1. The summed E-state index contributed by atoms with van der Waals surface area (Å²) in [5.41, 5.74) is 1.41. The quantitative estimate of drug-likeness (QED) is 0.865. The highest BCUT2D eigenvalue weighted by Crippen LogP contribution is 2.13. The molecule has 0 radical (unpaired) electrons. The van der Waals surface area contributed by atoms with E-state index in [0.29, 0.717) is 12.1 Å². The van der Waals surface area contributed by atoms with Gasteiger partial charge in [-0.3, -0.25) is 0 Å². The number of aromatic nitrogens is 1. The van der Waals surface area contributed by atoms with Crippen molar-refractivity contribution in [3.63, 3.8) is 0 Å². The van der Waals surface area contributed by atoms with Gasteiger partial charge in [-0.15, -0.1) is 0 Å². The molecule has 0 spiro atoms. The zero-order chi connectivity index (χ0) is 13.0. The van der Waals surface area contributed by atoms with Gasteiger partial charge in [0.1, 0.15) is 0 Å². The van der Waals surface area contributed by atoms with Crippen molar-refractivity contribution in [2.75, 3.05) is 13.1 Å². The molecule has 1 saturated heterocycles. The van der Waals surface area contributed by atoms with Crippen molar-refractivity contribution in [2.45, 2.75) is 58.8 Å². The molecule has 1 aromatic rings. The molecule has 0 aromatic carbocycles. The van der Waals surface area contributed by atoms with E-state index in [1.54, 1.807) is 0 Å². The predicted octanol–water partition coefficient (Wildman–Crippen LogP) is 2.47. The van der Waals surface area contributed by atoms with Gasteiger partial charge in [-0.1, -0.05) is 0 Å². The van der Waals surface area contributed by atoms with Crippen molar-refractivity contribution in [3.05, 3.63) is 24.0 Å². The summed E-state index contributed by atoms with van der Waals surface area (Å²) in [7, 11) is 0. The number of hydrogen-bond acceptors (Lipinski definition) is 2. The summed E-state index contributed by atoms with van der Waals surface area (Å²) >= 11 is 0. The molecule has 102 valence electrons. The molecule has 2 rings (SSSR count). The number of likely N-dealkylation sites (tertiary alicyclic amines) is 1. The Morgan fingerprint density at radius 1 is 1.33 bits per heavy atom. The Morgan fingerprint density at radius 2 is 2.06 bits per heavy atom. The maximum Gasteiger partial charge on any atom is 0.0361 e. The van der Waals surface area contributed by atoms with Crippen LogP contribution >= 0.6 is 0 Å². The summed E-state index contributed by atoms with van der Waals surface area (Å²) in [4.78, 5) is 2.58. The highest BCUT2D eigenvalue weighted by Gasteiger charge is 2.20. The topological polar surface area (TPSA) is 20.2 Å². The molecule has 1 fully saturated rings. The highest BCUT2D eigenvalue weighted by atomic mass is 15.2. The number of aryl methyl sites for hydroxylation is 1. The maximum absolute atomic E-state index is 3.71. The van der Waals surface area contributed by atoms with Gasteiger partial charge in [0.15, 0.2) is 0 Å². The van der Waals surface area contributed by atoms with Crippen molar-refractivity contribution in [1.82, 2.24) is 14.8 Å². The van der Waals surface area contributed by atoms with E-state index in [2.05, 4.69) is 53.9 Å². The van der Waals surface area contributed by atoms with Crippen LogP contribution in [0.1, 0.15) is 39.3 Å². The molecule has 0 atom stereocenters. The van der Waals surface area contributed by atoms with E-state index in [4.69, 9.17) is 0 Å². The molecule has 3 nitrogen and oxygen atoms in total. The van der Waals surface area contributed by atoms with Crippen LogP contribution in [0.2, 0.25) is 0 Å². The van der Waals surface area contributed by atoms with Crippen LogP contribution in [0.3, 0.4) is 0 Å². The second kappa shape index (κ2) is 6.39. The molecule has 1 aromatic heterocycles. The lowest BCUT2D eigenvalue weighted by atomic mass is 10.0. The summed E-state index contributed by atoms with van der Waals surface area (Å²) in [5.74, 6) is 0. The minimum Gasteiger partial charge on any atom is -0.351 e. The van der Waals surface area contributed by atoms with Gasteiger partial charge >= 0.3 is 0 Å². The summed E-state index contributed by atoms with van der Waals surface area (Å²) < 4.78 is 2.32. The summed E-state index contributed by atoms with van der Waals surface area (Å²) in [6.45, 7) is 11.3. The van der Waals surface area contributed by atoms with Gasteiger partial charge in [-0.05, 0) is 58.8 Å². The molecule has 18 heavy (non-hydrogen) atoms. The molecule has 1 aliphatic rings. The maximum atomic E-state index is 3.71. The van der Waals surface area contributed by atoms with Crippen LogP contribution in [-0.2, 0) is 13.1 Å². The van der Waals surface area contributed by atoms with Crippen LogP contribution in [0.4, 0.5) is 0 Å². The zero-order valence-electron chi connectivity index (χ0n) is 12.0. The van der Waals surface area contributed by atoms with E-state index in [1.807, 2.05) is 0 Å². The Morgan fingerprint density at radius 3 is 2.67 bits per heavy atom. The Balaban J connectivity index is 1.75. The SMILES string of the molecule is CCn1cccc1CNC1CCN(C(C)C)CC1. The molecule has 1 aliphatic heterocycles. The second-order valence-electron chi connectivity index (χ2n) is 5.57. The summed E-state index contributed by atoms with van der Waals surface area (Å²) in [6, 6.07) is 5.75. The second-order valence-corrected chi connectivity index (χ2v) is 5.57. The van der Waals surface area contributed by atoms with Gasteiger partial charge in [0.2, 0.25) is 0 Å². The molecule has 0 bridgehead atoms. The van der Waals surface area contributed by atoms with Crippen molar-refractivity contribution < 1.29 is 0 Å². The van der Waals surface area contributed by atoms with E-state index in [9.17, 15) is 0 Å². The fourth-order valence-electron chi connectivity index (χ4n) is 2.79. The smallest absolute Gasteiger partial charge is 0.0361 e. The standard InChI is InChI=1S/C15H27N3/c1-4-17-9-5-6-15(17)12-16-14-7-10-18(11-8-14)13(2)3/h5-6,9,13-14,16H,4,7-8,10-12H2,1-3H3. The van der Waals surface area contributed by atoms with Crippen LogP contribution in [0.15, 0.2) is 18.3 Å². The third kappa shape index (κ3) is 3.36. The van der Waals surface area contributed by atoms with Crippen molar-refractivity contribution in [2.24, 2.45) is 0 Å². The van der Waals surface area contributed by atoms with Gasteiger partial charge in [-0.25, -0.2) is 0 Å². The van der Waals surface area contributed by atoms with Gasteiger partial charge in [-0.2, -0.15) is 0 Å². The van der Waals surface area contributed by atoms with Gasteiger partial charge in [0.05, 0.1) is 0 Å². The molecular weight excluding hydrogens is 222 g/mol. The predicted molar refractivity (Wildman–Crippen MR) is 76.7 cm³/mol. The normalized spacial score (nSPS) is 18.7. The van der Waals surface area contributed by atoms with Crippen LogP contribution in [0.25, 0.3) is 0 Å². The van der Waals surface area contributed by atoms with Gasteiger partial charge in [0.25, 0.3) is 0 Å². The van der Waals surface area contributed by atoms with Crippen LogP contribution in [-0.4, -0.2) is 34.6 Å². The van der Waals surface area contributed by atoms with Crippen LogP contribution in [0.5, 0.6) is 0 Å². The summed E-state index contributed by atoms with van der Waals surface area (Å²) in [5, 5.41) is 3.71. The van der Waals surface area contributed by atoms with E-state index >= 15 is 0 Å². The Bertz CT molecular complexity index is 348. The lowest BCUT2D eigenvalue weighted by molar-refractivity contribution is 0.160. The minimum atomic E-state index is 0.695. The average Bonchev–Trinajstić information content (AvgIpc) is 2.84. The first-order chi connectivity index (χ1) is 8.70. The monoisotopic (exact) mass is 249 g/mol. The molecule has 0 saturated carbocycles. The zero-order valence-corrected chi connectivity index (χ0v) is 12.0. The first-order valence-electron chi connectivity index (χ1n) is 7.32. The van der Waals surface area contributed by atoms with E-state index in [0.717, 1.165) is 13.1 Å². The van der Waals surface area contributed by atoms with E-state index in [1.165, 1.54) is 31.6 Å². The lowest BCUT2D eigenvalue weighted by Crippen LogP contribution is -2.44. The molecule has 2 heterocycles. The fourth-order valence-corrected chi connectivity index (χ4v) is 2.79. The van der Waals surface area contributed by atoms with Crippen LogP contribution < -0.4 is 5.32 Å². The minimum absolute atomic E-state index is 0.695. The van der Waals surface area contributed by atoms with Crippen LogP contribution in [0, 0.1) is 0 Å². The number of nitrogens with zero attached hydrogens (tertiary/aromatic N) is 2. The van der Waals surface area contributed by atoms with Crippen molar-refractivity contribution >= 4 is 0 Å². The fraction of sp³-hybridized carbons (Fsp3) is 0.733. The van der Waals surface area contributed by atoms with Crippen molar-refractivity contribution in [1.29, 1.82) is 0 Å². The largest absolute Gasteiger partial charge is 0.351 e. The number of rotatable bonds is 5. The third-order valence-electron chi connectivity index (χ3n) is 4.10. The Hall–Kier alpha value is -0.800. The number of hydrogen-bond donors (Lipinski definition) is 1. The van der Waals surface area contributed by atoms with Gasteiger partial charge in [0, 0.05) is 37.1 Å². The first-order valence-corrected chi connectivity index (χ1v) is 7.32. The van der Waals surface area contributed by atoms with Gasteiger partial charge < -0.3 is 14.8 Å². The molecule has 0 aliphatic carbocycles. The lowest BCUT2D eigenvalue weighted by Gasteiger charge is -2.35. The Kier molecular flexibility index (Phi) is 4.84. The first kappa shape index (κ1) is 13.6. The summed E-state index contributed by atoms with van der Waals surface area (Å²) in [6.07, 6.45) is 4.73. The highest BCUT2D eigenvalue weighted by molar-refractivity contribution is 5.07. The third-order valence-corrected chi connectivity index (χ3v) is 4.10. The molecular formula is C15H27N3. The average molecular weight is 249 g/mol. The molecule has 0 amide bonds. The van der Waals surface area contributed by atoms with E-state index < -0.39 is 0 Å². The number of piperidine rings is 1. The molecule has 3 heteroatoms. The molecule has 1 N–H and O–H groups in total. The van der Waals surface area contributed by atoms with E-state index in [-0.39, 0.29) is 0 Å². The Labute approximate surface area is 111 Å².